The van der Waals surface area contributed by atoms with Gasteiger partial charge in [0.15, 0.2) is 0 Å². The normalized spacial score (nSPS) is 19.3. The largest absolute Gasteiger partial charge is 0.464 e. The van der Waals surface area contributed by atoms with Crippen molar-refractivity contribution in [2.24, 2.45) is 7.05 Å². The lowest BCUT2D eigenvalue weighted by Crippen LogP contribution is -2.57. The zero-order valence-corrected chi connectivity index (χ0v) is 11.3. The molecule has 1 aliphatic heterocycles. The summed E-state index contributed by atoms with van der Waals surface area (Å²) in [5, 5.41) is 3.12. The molecule has 1 N–H and O–H groups in total. The van der Waals surface area contributed by atoms with Crippen LogP contribution in [0, 0.1) is 0 Å². The fourth-order valence-corrected chi connectivity index (χ4v) is 2.23. The molecule has 2 rings (SSSR count). The molecular weight excluding hydrogens is 246 g/mol. The quantitative estimate of drug-likeness (QED) is 0.782. The van der Waals surface area contributed by atoms with E-state index in [1.54, 1.807) is 22.5 Å². The molecular formula is C13H19N3O3. The van der Waals surface area contributed by atoms with Gasteiger partial charge in [0, 0.05) is 32.9 Å². The second kappa shape index (κ2) is 5.88. The monoisotopic (exact) mass is 265 g/mol. The highest BCUT2D eigenvalue weighted by Crippen LogP contribution is 2.12. The molecule has 6 nitrogen and oxygen atoms in total. The Morgan fingerprint density at radius 1 is 1.53 bits per heavy atom. The summed E-state index contributed by atoms with van der Waals surface area (Å²) in [6.45, 7) is 3.72. The molecule has 1 aliphatic rings. The topological polar surface area (TPSA) is 63.6 Å². The molecule has 1 fully saturated rings. The van der Waals surface area contributed by atoms with Crippen LogP contribution in [-0.2, 0) is 16.6 Å². The highest BCUT2D eigenvalue weighted by molar-refractivity contribution is 5.95. The summed E-state index contributed by atoms with van der Waals surface area (Å²) in [5.41, 5.74) is 0.580. The minimum absolute atomic E-state index is 0.132. The van der Waals surface area contributed by atoms with Crippen molar-refractivity contribution < 1.29 is 14.3 Å². The molecule has 0 bridgehead atoms. The van der Waals surface area contributed by atoms with Crippen LogP contribution in [0.2, 0.25) is 0 Å². The number of amides is 1. The Labute approximate surface area is 112 Å². The van der Waals surface area contributed by atoms with Crippen LogP contribution < -0.4 is 5.32 Å². The molecule has 19 heavy (non-hydrogen) atoms. The van der Waals surface area contributed by atoms with Crippen LogP contribution in [0.5, 0.6) is 0 Å². The summed E-state index contributed by atoms with van der Waals surface area (Å²) in [6.07, 6.45) is 1.81. The lowest BCUT2D eigenvalue weighted by Gasteiger charge is -2.34. The van der Waals surface area contributed by atoms with Gasteiger partial charge in [0.1, 0.15) is 11.7 Å². The van der Waals surface area contributed by atoms with Gasteiger partial charge in [-0.1, -0.05) is 0 Å². The standard InChI is InChI=1S/C13H19N3O3/c1-3-19-13(18)11-9-14-6-8-16(11)12(17)10-5-4-7-15(10)2/h4-5,7,11,14H,3,6,8-9H2,1-2H3. The number of aromatic nitrogens is 1. The van der Waals surface area contributed by atoms with E-state index in [0.29, 0.717) is 31.9 Å². The summed E-state index contributed by atoms with van der Waals surface area (Å²) in [5.74, 6) is -0.482. The number of carbonyl (C=O) groups excluding carboxylic acids is 2. The van der Waals surface area contributed by atoms with Crippen molar-refractivity contribution >= 4 is 11.9 Å². The molecule has 0 radical (unpaired) electrons. The Balaban J connectivity index is 2.18. The van der Waals surface area contributed by atoms with Gasteiger partial charge in [0.2, 0.25) is 0 Å². The fraction of sp³-hybridized carbons (Fsp3) is 0.538. The van der Waals surface area contributed by atoms with Crippen molar-refractivity contribution in [2.45, 2.75) is 13.0 Å². The fourth-order valence-electron chi connectivity index (χ4n) is 2.23. The highest BCUT2D eigenvalue weighted by Gasteiger charge is 2.34. The molecule has 1 atom stereocenters. The first kappa shape index (κ1) is 13.6. The number of piperazine rings is 1. The van der Waals surface area contributed by atoms with Gasteiger partial charge in [-0.15, -0.1) is 0 Å². The maximum absolute atomic E-state index is 12.5. The van der Waals surface area contributed by atoms with Crippen LogP contribution in [0.15, 0.2) is 18.3 Å². The second-order valence-corrected chi connectivity index (χ2v) is 4.47. The Bertz CT molecular complexity index is 469. The Kier molecular flexibility index (Phi) is 4.21. The first-order chi connectivity index (χ1) is 9.15. The zero-order valence-electron chi connectivity index (χ0n) is 11.3. The molecule has 1 amide bonds. The van der Waals surface area contributed by atoms with Gasteiger partial charge in [-0.3, -0.25) is 4.79 Å². The van der Waals surface area contributed by atoms with Crippen molar-refractivity contribution in [3.05, 3.63) is 24.0 Å². The maximum Gasteiger partial charge on any atom is 0.330 e. The van der Waals surface area contributed by atoms with Crippen molar-refractivity contribution in [1.29, 1.82) is 0 Å². The Hall–Kier alpha value is -1.82. The average molecular weight is 265 g/mol. The average Bonchev–Trinajstić information content (AvgIpc) is 2.84. The van der Waals surface area contributed by atoms with Crippen LogP contribution in [0.3, 0.4) is 0 Å². The summed E-state index contributed by atoms with van der Waals surface area (Å²) in [6, 6.07) is 3.03. The van der Waals surface area contributed by atoms with Crippen LogP contribution in [0.25, 0.3) is 0 Å². The Morgan fingerprint density at radius 3 is 2.95 bits per heavy atom. The van der Waals surface area contributed by atoms with Crippen LogP contribution in [0.4, 0.5) is 0 Å². The highest BCUT2D eigenvalue weighted by atomic mass is 16.5. The van der Waals surface area contributed by atoms with E-state index in [1.807, 2.05) is 19.3 Å². The number of ether oxygens (including phenoxy) is 1. The lowest BCUT2D eigenvalue weighted by molar-refractivity contribution is -0.149. The summed E-state index contributed by atoms with van der Waals surface area (Å²) >= 11 is 0. The number of hydrogen-bond acceptors (Lipinski definition) is 4. The van der Waals surface area contributed by atoms with Gasteiger partial charge in [-0.2, -0.15) is 0 Å². The number of esters is 1. The predicted octanol–water partition coefficient (Wildman–Crippen LogP) is 0.00220. The summed E-state index contributed by atoms with van der Waals surface area (Å²) < 4.78 is 6.79. The molecule has 0 spiro atoms. The molecule has 1 unspecified atom stereocenters. The van der Waals surface area contributed by atoms with Gasteiger partial charge >= 0.3 is 5.97 Å². The van der Waals surface area contributed by atoms with Crippen molar-refractivity contribution in [3.63, 3.8) is 0 Å². The van der Waals surface area contributed by atoms with Gasteiger partial charge in [0.05, 0.1) is 6.61 Å². The lowest BCUT2D eigenvalue weighted by atomic mass is 10.1. The minimum atomic E-state index is -0.545. The molecule has 1 saturated heterocycles. The number of nitrogens with one attached hydrogen (secondary N) is 1. The van der Waals surface area contributed by atoms with E-state index in [0.717, 1.165) is 0 Å². The molecule has 1 aromatic rings. The van der Waals surface area contributed by atoms with Crippen LogP contribution >= 0.6 is 0 Å². The van der Waals surface area contributed by atoms with Gasteiger partial charge in [-0.05, 0) is 19.1 Å². The van der Waals surface area contributed by atoms with E-state index in [2.05, 4.69) is 5.32 Å². The van der Waals surface area contributed by atoms with Gasteiger partial charge in [0.25, 0.3) is 5.91 Å². The molecule has 2 heterocycles. The molecule has 0 aromatic carbocycles. The SMILES string of the molecule is CCOC(=O)C1CNCCN1C(=O)c1cccn1C. The molecule has 0 aliphatic carbocycles. The summed E-state index contributed by atoms with van der Waals surface area (Å²) in [7, 11) is 1.81. The predicted molar refractivity (Wildman–Crippen MR) is 69.7 cm³/mol. The van der Waals surface area contributed by atoms with E-state index >= 15 is 0 Å². The van der Waals surface area contributed by atoms with Crippen LogP contribution in [0.1, 0.15) is 17.4 Å². The van der Waals surface area contributed by atoms with Crippen LogP contribution in [-0.4, -0.2) is 53.6 Å². The molecule has 6 heteroatoms. The van der Waals surface area contributed by atoms with Crippen molar-refractivity contribution in [1.82, 2.24) is 14.8 Å². The van der Waals surface area contributed by atoms with E-state index < -0.39 is 6.04 Å². The van der Waals surface area contributed by atoms with Gasteiger partial charge in [-0.25, -0.2) is 4.79 Å². The van der Waals surface area contributed by atoms with E-state index in [4.69, 9.17) is 4.74 Å². The van der Waals surface area contributed by atoms with Gasteiger partial charge < -0.3 is 19.5 Å². The number of carbonyl (C=O) groups is 2. The number of rotatable bonds is 3. The first-order valence-corrected chi connectivity index (χ1v) is 6.44. The molecule has 0 saturated carbocycles. The number of aryl methyl sites for hydroxylation is 1. The van der Waals surface area contributed by atoms with E-state index in [-0.39, 0.29) is 11.9 Å². The second-order valence-electron chi connectivity index (χ2n) is 4.47. The number of nitrogens with zero attached hydrogens (tertiary/aromatic N) is 2. The minimum Gasteiger partial charge on any atom is -0.464 e. The molecule has 1 aromatic heterocycles. The zero-order chi connectivity index (χ0) is 13.8. The third-order valence-electron chi connectivity index (χ3n) is 3.23. The van der Waals surface area contributed by atoms with Crippen molar-refractivity contribution in [2.75, 3.05) is 26.2 Å². The number of hydrogen-bond donors (Lipinski definition) is 1. The van der Waals surface area contributed by atoms with Crippen molar-refractivity contribution in [3.8, 4) is 0 Å². The summed E-state index contributed by atoms with van der Waals surface area (Å²) in [4.78, 5) is 26.0. The molecule has 104 valence electrons. The first-order valence-electron chi connectivity index (χ1n) is 6.44. The third kappa shape index (κ3) is 2.78. The third-order valence-corrected chi connectivity index (χ3v) is 3.23. The maximum atomic E-state index is 12.5. The van der Waals surface area contributed by atoms with E-state index in [1.165, 1.54) is 0 Å². The Morgan fingerprint density at radius 2 is 2.32 bits per heavy atom. The van der Waals surface area contributed by atoms with E-state index in [9.17, 15) is 9.59 Å². The smallest absolute Gasteiger partial charge is 0.330 e.